The third-order valence-electron chi connectivity index (χ3n) is 2.49. The van der Waals surface area contributed by atoms with Gasteiger partial charge < -0.3 is 0 Å². The number of aromatic nitrogens is 1. The second-order valence-corrected chi connectivity index (χ2v) is 5.85. The number of aliphatic imine (C=N–C) groups is 1. The number of rotatable bonds is 4. The molecule has 0 spiro atoms. The van der Waals surface area contributed by atoms with Gasteiger partial charge in [-0.1, -0.05) is 40.2 Å². The van der Waals surface area contributed by atoms with Crippen molar-refractivity contribution in [1.82, 2.24) is 3.97 Å². The van der Waals surface area contributed by atoms with Crippen LogP contribution in [0.5, 0.6) is 0 Å². The highest BCUT2D eigenvalue weighted by molar-refractivity contribution is 9.15. The van der Waals surface area contributed by atoms with Crippen molar-refractivity contribution in [3.63, 3.8) is 0 Å². The van der Waals surface area contributed by atoms with Gasteiger partial charge in [-0.25, -0.2) is 4.99 Å². The summed E-state index contributed by atoms with van der Waals surface area (Å²) in [6, 6.07) is 10.3. The van der Waals surface area contributed by atoms with Gasteiger partial charge in [-0.2, -0.15) is 0 Å². The van der Waals surface area contributed by atoms with Crippen molar-refractivity contribution in [1.29, 1.82) is 0 Å². The summed E-state index contributed by atoms with van der Waals surface area (Å²) >= 11 is 4.98. The third-order valence-corrected chi connectivity index (χ3v) is 3.89. The zero-order valence-electron chi connectivity index (χ0n) is 10.1. The minimum absolute atomic E-state index is 0.808. The van der Waals surface area contributed by atoms with Crippen molar-refractivity contribution in [2.75, 3.05) is 0 Å². The summed E-state index contributed by atoms with van der Waals surface area (Å²) in [7, 11) is 0. The number of aryl methyl sites for hydroxylation is 1. The van der Waals surface area contributed by atoms with Crippen LogP contribution in [-0.2, 0) is 0 Å². The zero-order chi connectivity index (χ0) is 13.1. The lowest BCUT2D eigenvalue weighted by Gasteiger charge is -2.06. The quantitative estimate of drug-likeness (QED) is 0.720. The predicted octanol–water partition coefficient (Wildman–Crippen LogP) is 5.05. The number of nitrogens with zero attached hydrogens (tertiary/aromatic N) is 2. The Balaban J connectivity index is 2.32. The van der Waals surface area contributed by atoms with E-state index in [1.807, 2.05) is 16.2 Å². The van der Waals surface area contributed by atoms with Crippen LogP contribution in [0.2, 0.25) is 0 Å². The van der Waals surface area contributed by atoms with E-state index in [2.05, 4.69) is 65.4 Å². The van der Waals surface area contributed by atoms with Gasteiger partial charge in [0.2, 0.25) is 0 Å². The molecule has 0 aliphatic carbocycles. The first-order valence-electron chi connectivity index (χ1n) is 5.39. The van der Waals surface area contributed by atoms with E-state index in [-0.39, 0.29) is 0 Å². The van der Waals surface area contributed by atoms with Gasteiger partial charge >= 0.3 is 0 Å². The monoisotopic (exact) mass is 320 g/mol. The Morgan fingerprint density at radius 3 is 2.50 bits per heavy atom. The van der Waals surface area contributed by atoms with E-state index in [4.69, 9.17) is 0 Å². The largest absolute Gasteiger partial charge is 0.271 e. The maximum absolute atomic E-state index is 4.07. The van der Waals surface area contributed by atoms with Crippen LogP contribution in [0.15, 0.2) is 53.0 Å². The summed E-state index contributed by atoms with van der Waals surface area (Å²) < 4.78 is 2.80. The molecule has 2 aromatic rings. The SMILES string of the molecule is C=Nc1c(C(=C)Br)ccn1Sc1ccc(C)cc1. The van der Waals surface area contributed by atoms with Gasteiger partial charge in [0.25, 0.3) is 0 Å². The van der Waals surface area contributed by atoms with Crippen molar-refractivity contribution in [2.24, 2.45) is 4.99 Å². The molecule has 18 heavy (non-hydrogen) atoms. The Labute approximate surface area is 120 Å². The molecule has 4 heteroatoms. The Morgan fingerprint density at radius 1 is 1.28 bits per heavy atom. The van der Waals surface area contributed by atoms with E-state index < -0.39 is 0 Å². The van der Waals surface area contributed by atoms with Gasteiger partial charge in [-0.15, -0.1) is 0 Å². The summed E-state index contributed by atoms with van der Waals surface area (Å²) in [4.78, 5) is 5.23. The van der Waals surface area contributed by atoms with E-state index in [1.165, 1.54) is 5.56 Å². The molecule has 0 saturated carbocycles. The van der Waals surface area contributed by atoms with Crippen molar-refractivity contribution in [3.05, 3.63) is 54.2 Å². The number of hydrogen-bond donors (Lipinski definition) is 0. The summed E-state index contributed by atoms with van der Waals surface area (Å²) in [5, 5.41) is 0. The fraction of sp³-hybridized carbons (Fsp3) is 0.0714. The van der Waals surface area contributed by atoms with Gasteiger partial charge in [0.1, 0.15) is 0 Å². The topological polar surface area (TPSA) is 17.3 Å². The van der Waals surface area contributed by atoms with Crippen LogP contribution in [0.4, 0.5) is 5.82 Å². The lowest BCUT2D eigenvalue weighted by atomic mass is 10.2. The Morgan fingerprint density at radius 2 is 1.94 bits per heavy atom. The molecule has 1 heterocycles. The normalized spacial score (nSPS) is 10.3. The molecular formula is C14H13BrN2S. The van der Waals surface area contributed by atoms with Gasteiger partial charge in [0.15, 0.2) is 5.82 Å². The number of hydrogen-bond acceptors (Lipinski definition) is 2. The first-order valence-corrected chi connectivity index (χ1v) is 6.96. The first kappa shape index (κ1) is 13.2. The van der Waals surface area contributed by atoms with E-state index >= 15 is 0 Å². The minimum atomic E-state index is 0.808. The first-order chi connectivity index (χ1) is 8.61. The summed E-state index contributed by atoms with van der Waals surface area (Å²) in [5.41, 5.74) is 2.22. The van der Waals surface area contributed by atoms with E-state index in [9.17, 15) is 0 Å². The Bertz CT molecular complexity index is 584. The summed E-state index contributed by atoms with van der Waals surface area (Å²) in [6.07, 6.45) is 1.97. The molecule has 92 valence electrons. The zero-order valence-corrected chi connectivity index (χ0v) is 12.5. The van der Waals surface area contributed by atoms with E-state index in [0.717, 1.165) is 20.8 Å². The minimum Gasteiger partial charge on any atom is -0.271 e. The maximum Gasteiger partial charge on any atom is 0.150 e. The lowest BCUT2D eigenvalue weighted by molar-refractivity contribution is 1.23. The van der Waals surface area contributed by atoms with Gasteiger partial charge in [-0.3, -0.25) is 3.97 Å². The molecule has 1 aromatic carbocycles. The van der Waals surface area contributed by atoms with Crippen molar-refractivity contribution < 1.29 is 0 Å². The maximum atomic E-state index is 4.07. The van der Waals surface area contributed by atoms with Crippen LogP contribution < -0.4 is 0 Å². The molecule has 0 saturated heterocycles. The molecular weight excluding hydrogens is 308 g/mol. The highest BCUT2D eigenvalue weighted by Crippen LogP contribution is 2.35. The highest BCUT2D eigenvalue weighted by Gasteiger charge is 2.10. The van der Waals surface area contributed by atoms with Crippen LogP contribution in [0.3, 0.4) is 0 Å². The molecule has 2 rings (SSSR count). The fourth-order valence-electron chi connectivity index (χ4n) is 1.56. The lowest BCUT2D eigenvalue weighted by Crippen LogP contribution is -1.84. The number of benzene rings is 1. The highest BCUT2D eigenvalue weighted by atomic mass is 79.9. The van der Waals surface area contributed by atoms with Crippen molar-refractivity contribution in [3.8, 4) is 0 Å². The molecule has 0 radical (unpaired) electrons. The standard InChI is InChI=1S/C14H13BrN2S/c1-10-4-6-12(7-5-10)18-17-9-8-13(11(2)15)14(17)16-3/h4-9H,2-3H2,1H3. The summed E-state index contributed by atoms with van der Waals surface area (Å²) in [5.74, 6) is 0.808. The Hall–Kier alpha value is -1.26. The molecule has 0 amide bonds. The van der Waals surface area contributed by atoms with E-state index in [1.54, 1.807) is 11.9 Å². The van der Waals surface area contributed by atoms with Gasteiger partial charge in [0.05, 0.1) is 0 Å². The summed E-state index contributed by atoms with van der Waals surface area (Å²) in [6.45, 7) is 9.57. The molecule has 0 aliphatic rings. The number of halogens is 1. The van der Waals surface area contributed by atoms with Crippen LogP contribution in [0.1, 0.15) is 11.1 Å². The van der Waals surface area contributed by atoms with Crippen LogP contribution >= 0.6 is 27.9 Å². The molecule has 0 aliphatic heterocycles. The molecule has 0 bridgehead atoms. The smallest absolute Gasteiger partial charge is 0.150 e. The molecule has 0 fully saturated rings. The van der Waals surface area contributed by atoms with Crippen LogP contribution in [0.25, 0.3) is 4.48 Å². The second kappa shape index (κ2) is 5.59. The van der Waals surface area contributed by atoms with Crippen molar-refractivity contribution in [2.45, 2.75) is 11.8 Å². The van der Waals surface area contributed by atoms with Gasteiger partial charge in [0, 0.05) is 21.1 Å². The van der Waals surface area contributed by atoms with Crippen LogP contribution in [-0.4, -0.2) is 10.7 Å². The molecule has 0 unspecified atom stereocenters. The average Bonchev–Trinajstić information content (AvgIpc) is 2.75. The molecule has 0 atom stereocenters. The molecule has 0 N–H and O–H groups in total. The van der Waals surface area contributed by atoms with E-state index in [0.29, 0.717) is 0 Å². The molecule has 1 aromatic heterocycles. The Kier molecular flexibility index (Phi) is 4.09. The van der Waals surface area contributed by atoms with Crippen molar-refractivity contribution >= 4 is 44.9 Å². The fourth-order valence-corrected chi connectivity index (χ4v) is 2.72. The molecule has 2 nitrogen and oxygen atoms in total. The third kappa shape index (κ3) is 2.76. The second-order valence-electron chi connectivity index (χ2n) is 3.85. The average molecular weight is 321 g/mol. The van der Waals surface area contributed by atoms with Gasteiger partial charge in [-0.05, 0) is 43.8 Å². The predicted molar refractivity (Wildman–Crippen MR) is 84.0 cm³/mol. The van der Waals surface area contributed by atoms with Crippen LogP contribution in [0, 0.1) is 6.92 Å².